The first-order valence-electron chi connectivity index (χ1n) is 12.2. The van der Waals surface area contributed by atoms with Crippen LogP contribution in [0.3, 0.4) is 0 Å². The summed E-state index contributed by atoms with van der Waals surface area (Å²) >= 11 is 0. The number of anilines is 2. The van der Waals surface area contributed by atoms with Crippen molar-refractivity contribution in [2.24, 2.45) is 0 Å². The number of aryl methyl sites for hydroxylation is 1. The van der Waals surface area contributed by atoms with E-state index >= 15 is 0 Å². The van der Waals surface area contributed by atoms with E-state index in [1.165, 1.54) is 0 Å². The number of pyridine rings is 1. The predicted molar refractivity (Wildman–Crippen MR) is 136 cm³/mol. The summed E-state index contributed by atoms with van der Waals surface area (Å²) in [5, 5.41) is 2.83. The van der Waals surface area contributed by atoms with Crippen LogP contribution >= 0.6 is 0 Å². The number of hydrogen-bond donors (Lipinski definition) is 2. The van der Waals surface area contributed by atoms with Crippen molar-refractivity contribution in [1.29, 1.82) is 0 Å². The number of imidazole rings is 1. The lowest BCUT2D eigenvalue weighted by Gasteiger charge is -2.34. The van der Waals surface area contributed by atoms with Crippen LogP contribution in [0.5, 0.6) is 0 Å². The van der Waals surface area contributed by atoms with Crippen LogP contribution in [0.2, 0.25) is 0 Å². The molecular weight excluding hydrogens is 454 g/mol. The highest BCUT2D eigenvalue weighted by molar-refractivity contribution is 6.04. The fraction of sp³-hybridized carbons (Fsp3) is 0.296. The summed E-state index contributed by atoms with van der Waals surface area (Å²) in [6, 6.07) is 11.3. The first-order chi connectivity index (χ1) is 17.5. The van der Waals surface area contributed by atoms with Crippen molar-refractivity contribution in [3.8, 4) is 11.3 Å². The van der Waals surface area contributed by atoms with Gasteiger partial charge in [-0.2, -0.15) is 0 Å². The lowest BCUT2D eigenvalue weighted by Crippen LogP contribution is -2.41. The smallest absolute Gasteiger partial charge is 0.256 e. The van der Waals surface area contributed by atoms with Crippen molar-refractivity contribution in [2.75, 3.05) is 17.6 Å². The van der Waals surface area contributed by atoms with E-state index in [0.29, 0.717) is 36.2 Å². The zero-order valence-electron chi connectivity index (χ0n) is 20.0. The Hall–Kier alpha value is -4.27. The van der Waals surface area contributed by atoms with Crippen LogP contribution in [0.4, 0.5) is 11.6 Å². The molecule has 0 bridgehead atoms. The van der Waals surface area contributed by atoms with Crippen molar-refractivity contribution in [3.63, 3.8) is 0 Å². The van der Waals surface area contributed by atoms with Gasteiger partial charge in [-0.1, -0.05) is 12.1 Å². The van der Waals surface area contributed by atoms with E-state index in [0.717, 1.165) is 47.4 Å². The van der Waals surface area contributed by atoms with Gasteiger partial charge in [-0.25, -0.2) is 15.0 Å². The average Bonchev–Trinajstić information content (AvgIpc) is 3.45. The topological polar surface area (TPSA) is 119 Å². The number of amides is 2. The molecule has 2 aliphatic rings. The van der Waals surface area contributed by atoms with E-state index in [4.69, 9.17) is 10.7 Å². The minimum absolute atomic E-state index is 0.123. The normalized spacial score (nSPS) is 19.5. The number of aromatic nitrogens is 4. The molecule has 2 aliphatic heterocycles. The largest absolute Gasteiger partial charge is 0.382 e. The minimum atomic E-state index is -0.233. The molecule has 5 heterocycles. The van der Waals surface area contributed by atoms with Crippen LogP contribution < -0.4 is 11.1 Å². The van der Waals surface area contributed by atoms with E-state index in [2.05, 4.69) is 15.3 Å². The van der Waals surface area contributed by atoms with Crippen molar-refractivity contribution in [1.82, 2.24) is 24.3 Å². The maximum atomic E-state index is 12.7. The van der Waals surface area contributed by atoms with E-state index < -0.39 is 0 Å². The number of benzene rings is 1. The van der Waals surface area contributed by atoms with Gasteiger partial charge in [0.25, 0.3) is 5.91 Å². The summed E-state index contributed by atoms with van der Waals surface area (Å²) < 4.78 is 2.01. The fourth-order valence-electron chi connectivity index (χ4n) is 5.43. The molecule has 1 aromatic carbocycles. The highest BCUT2D eigenvalue weighted by Crippen LogP contribution is 2.38. The van der Waals surface area contributed by atoms with Crippen LogP contribution in [0.15, 0.2) is 55.0 Å². The molecule has 6 rings (SSSR count). The van der Waals surface area contributed by atoms with Gasteiger partial charge in [0.2, 0.25) is 5.91 Å². The Morgan fingerprint density at radius 1 is 1.08 bits per heavy atom. The number of hydrogen-bond acceptors (Lipinski definition) is 6. The van der Waals surface area contributed by atoms with E-state index in [-0.39, 0.29) is 17.7 Å². The number of nitrogens with zero attached hydrogens (tertiary/aromatic N) is 5. The molecule has 2 fully saturated rings. The Labute approximate surface area is 208 Å². The molecule has 0 spiro atoms. The molecule has 9 nitrogen and oxygen atoms in total. The molecule has 0 aliphatic carbocycles. The number of carbonyl (C=O) groups is 2. The van der Waals surface area contributed by atoms with E-state index in [1.807, 2.05) is 46.7 Å². The van der Waals surface area contributed by atoms with Crippen molar-refractivity contribution in [2.45, 2.75) is 44.6 Å². The van der Waals surface area contributed by atoms with Gasteiger partial charge >= 0.3 is 0 Å². The van der Waals surface area contributed by atoms with Crippen LogP contribution in [0, 0.1) is 6.92 Å². The Kier molecular flexibility index (Phi) is 5.40. The molecule has 2 saturated heterocycles. The molecule has 36 heavy (non-hydrogen) atoms. The monoisotopic (exact) mass is 481 g/mol. The van der Waals surface area contributed by atoms with Crippen molar-refractivity contribution < 1.29 is 9.59 Å². The standard InChI is InChI=1S/C27H27N7O2/c1-16-10-11-29-21(14-16)31-27(36)18-4-2-17(3-5-18)23-24-25(28)30-12-13-33(24)26(32-23)19-6-7-20-8-9-22(35)34(20)15-19/h2-5,10-14,19-20H,6-9,15H2,1H3,(H2,28,30)(H,29,31,36)/t19?,20-/m0/s1. The Balaban J connectivity index is 1.31. The second-order valence-corrected chi connectivity index (χ2v) is 9.61. The number of nitrogen functional groups attached to an aromatic ring is 1. The maximum Gasteiger partial charge on any atom is 0.256 e. The molecule has 2 atom stereocenters. The highest BCUT2D eigenvalue weighted by atomic mass is 16.2. The molecule has 3 aromatic heterocycles. The molecule has 182 valence electrons. The minimum Gasteiger partial charge on any atom is -0.382 e. The zero-order chi connectivity index (χ0) is 24.8. The lowest BCUT2D eigenvalue weighted by atomic mass is 9.92. The number of piperidine rings is 1. The molecule has 3 N–H and O–H groups in total. The van der Waals surface area contributed by atoms with Gasteiger partial charge in [-0.3, -0.25) is 14.0 Å². The molecule has 2 amide bonds. The third-order valence-electron chi connectivity index (χ3n) is 7.27. The van der Waals surface area contributed by atoms with Gasteiger partial charge in [0.1, 0.15) is 28.7 Å². The molecule has 9 heteroatoms. The summed E-state index contributed by atoms with van der Waals surface area (Å²) in [5.74, 6) is 1.92. The van der Waals surface area contributed by atoms with Crippen molar-refractivity contribution in [3.05, 3.63) is 71.9 Å². The van der Waals surface area contributed by atoms with E-state index in [9.17, 15) is 9.59 Å². The van der Waals surface area contributed by atoms with Crippen LogP contribution in [0.25, 0.3) is 16.8 Å². The summed E-state index contributed by atoms with van der Waals surface area (Å²) in [5.41, 5.74) is 10.2. The molecule has 0 radical (unpaired) electrons. The number of rotatable bonds is 4. The van der Waals surface area contributed by atoms with Gasteiger partial charge in [0, 0.05) is 54.6 Å². The highest BCUT2D eigenvalue weighted by Gasteiger charge is 2.38. The number of nitrogens with two attached hydrogens (primary N) is 1. The Morgan fingerprint density at radius 3 is 2.72 bits per heavy atom. The number of fused-ring (bicyclic) bond motifs is 2. The van der Waals surface area contributed by atoms with Crippen LogP contribution in [0.1, 0.15) is 53.3 Å². The van der Waals surface area contributed by atoms with E-state index in [1.54, 1.807) is 24.5 Å². The Bertz CT molecular complexity index is 1480. The summed E-state index contributed by atoms with van der Waals surface area (Å²) in [6.07, 6.45) is 8.78. The molecule has 1 unspecified atom stereocenters. The Morgan fingerprint density at radius 2 is 1.92 bits per heavy atom. The second-order valence-electron chi connectivity index (χ2n) is 9.61. The third-order valence-corrected chi connectivity index (χ3v) is 7.27. The average molecular weight is 482 g/mol. The molecule has 4 aromatic rings. The molecule has 0 saturated carbocycles. The summed E-state index contributed by atoms with van der Waals surface area (Å²) in [4.78, 5) is 40.7. The molecular formula is C27H27N7O2. The summed E-state index contributed by atoms with van der Waals surface area (Å²) in [7, 11) is 0. The first kappa shape index (κ1) is 22.2. The predicted octanol–water partition coefficient (Wildman–Crippen LogP) is 3.80. The zero-order valence-corrected chi connectivity index (χ0v) is 20.0. The van der Waals surface area contributed by atoms with Gasteiger partial charge in [-0.15, -0.1) is 0 Å². The number of nitrogens with one attached hydrogen (secondary N) is 1. The lowest BCUT2D eigenvalue weighted by molar-refractivity contribution is -0.130. The third kappa shape index (κ3) is 3.86. The van der Waals surface area contributed by atoms with Gasteiger partial charge in [-0.05, 0) is 56.0 Å². The quantitative estimate of drug-likeness (QED) is 0.458. The number of carbonyl (C=O) groups excluding carboxylic acids is 2. The second kappa shape index (κ2) is 8.75. The fourth-order valence-corrected chi connectivity index (χ4v) is 5.43. The first-order valence-corrected chi connectivity index (χ1v) is 12.2. The maximum absolute atomic E-state index is 12.7. The van der Waals surface area contributed by atoms with Gasteiger partial charge < -0.3 is 16.0 Å². The van der Waals surface area contributed by atoms with Crippen molar-refractivity contribution >= 4 is 29.0 Å². The van der Waals surface area contributed by atoms with Crippen LogP contribution in [-0.2, 0) is 4.79 Å². The van der Waals surface area contributed by atoms with Crippen LogP contribution in [-0.4, -0.2) is 48.7 Å². The van der Waals surface area contributed by atoms with Gasteiger partial charge in [0.15, 0.2) is 0 Å². The SMILES string of the molecule is Cc1ccnc(NC(=O)c2ccc(-c3nc(C4CC[C@H]5CCC(=O)N5C4)n4ccnc(N)c34)cc2)c1. The summed E-state index contributed by atoms with van der Waals surface area (Å²) in [6.45, 7) is 2.63. The van der Waals surface area contributed by atoms with Gasteiger partial charge in [0.05, 0.1) is 0 Å².